The molecule has 8 nitrogen and oxygen atoms in total. The average Bonchev–Trinajstić information content (AvgIpc) is 3.69. The van der Waals surface area contributed by atoms with Crippen LogP contribution in [-0.4, -0.2) is 55.5 Å². The molecule has 8 heteroatoms. The van der Waals surface area contributed by atoms with Gasteiger partial charge in [0, 0.05) is 43.1 Å². The van der Waals surface area contributed by atoms with E-state index < -0.39 is 0 Å². The van der Waals surface area contributed by atoms with Gasteiger partial charge in [-0.1, -0.05) is 18.2 Å². The number of carbonyl (C=O) groups excluding carboxylic acids is 1. The van der Waals surface area contributed by atoms with E-state index in [0.717, 1.165) is 35.3 Å². The van der Waals surface area contributed by atoms with E-state index in [-0.39, 0.29) is 18.0 Å². The zero-order valence-electron chi connectivity index (χ0n) is 20.4. The molecule has 1 aliphatic heterocycles. The van der Waals surface area contributed by atoms with Gasteiger partial charge in [0.2, 0.25) is 0 Å². The van der Waals surface area contributed by atoms with Crippen LogP contribution in [0.2, 0.25) is 0 Å². The molecule has 0 radical (unpaired) electrons. The maximum atomic E-state index is 13.2. The summed E-state index contributed by atoms with van der Waals surface area (Å²) in [5.41, 5.74) is 3.31. The Kier molecular flexibility index (Phi) is 5.41. The van der Waals surface area contributed by atoms with Gasteiger partial charge in [-0.15, -0.1) is 0 Å². The van der Waals surface area contributed by atoms with Crippen molar-refractivity contribution in [3.05, 3.63) is 77.9 Å². The zero-order chi connectivity index (χ0) is 24.8. The number of pyridine rings is 1. The first-order chi connectivity index (χ1) is 17.5. The Labute approximate surface area is 209 Å². The predicted octanol–water partition coefficient (Wildman–Crippen LogP) is 4.30. The highest BCUT2D eigenvalue weighted by Crippen LogP contribution is 2.46. The molecular formula is C28H27N7O. The Bertz CT molecular complexity index is 1490. The number of nitriles is 1. The standard InChI is InChI=1S/C28H27N7O/c1-18-15-34(28(36)22-6-4-3-5-7-22)19(2)14-33(18)26-25-23(21-8-9-21)16-35(27(25)32-17-31-26)24-12-20(13-29)10-11-30-24/h3-7,10-12,16-19,21H,8-9,14-15H2,1-2H3/t18-,19+/m0/s1. The van der Waals surface area contributed by atoms with Gasteiger partial charge in [-0.2, -0.15) is 5.26 Å². The summed E-state index contributed by atoms with van der Waals surface area (Å²) in [5, 5.41) is 10.4. The number of fused-ring (bicyclic) bond motifs is 1. The molecular weight excluding hydrogens is 450 g/mol. The number of piperazine rings is 1. The van der Waals surface area contributed by atoms with Crippen LogP contribution in [0, 0.1) is 11.3 Å². The summed E-state index contributed by atoms with van der Waals surface area (Å²) in [6, 6.07) is 15.3. The van der Waals surface area contributed by atoms with E-state index in [2.05, 4.69) is 41.0 Å². The minimum atomic E-state index is 0.0272. The molecule has 0 unspecified atom stereocenters. The normalized spacial score (nSPS) is 19.9. The van der Waals surface area contributed by atoms with Crippen LogP contribution in [0.25, 0.3) is 16.9 Å². The molecule has 0 bridgehead atoms. The number of hydrogen-bond acceptors (Lipinski definition) is 6. The molecule has 36 heavy (non-hydrogen) atoms. The van der Waals surface area contributed by atoms with Gasteiger partial charge < -0.3 is 9.80 Å². The Morgan fingerprint density at radius 1 is 1.03 bits per heavy atom. The molecule has 1 amide bonds. The van der Waals surface area contributed by atoms with Gasteiger partial charge in [-0.25, -0.2) is 15.0 Å². The van der Waals surface area contributed by atoms with Gasteiger partial charge in [0.05, 0.1) is 17.0 Å². The topological polar surface area (TPSA) is 90.9 Å². The molecule has 3 aromatic heterocycles. The molecule has 2 fully saturated rings. The predicted molar refractivity (Wildman–Crippen MR) is 137 cm³/mol. The van der Waals surface area contributed by atoms with Crippen LogP contribution in [0.1, 0.15) is 54.1 Å². The van der Waals surface area contributed by atoms with E-state index in [0.29, 0.717) is 30.4 Å². The van der Waals surface area contributed by atoms with E-state index in [4.69, 9.17) is 4.98 Å². The Hall–Kier alpha value is -4.25. The monoisotopic (exact) mass is 477 g/mol. The largest absolute Gasteiger partial charge is 0.349 e. The fourth-order valence-corrected chi connectivity index (χ4v) is 5.24. The molecule has 1 saturated heterocycles. The smallest absolute Gasteiger partial charge is 0.254 e. The molecule has 1 aromatic carbocycles. The summed E-state index contributed by atoms with van der Waals surface area (Å²) < 4.78 is 1.98. The lowest BCUT2D eigenvalue weighted by atomic mass is 10.0. The van der Waals surface area contributed by atoms with Crippen LogP contribution in [0.4, 0.5) is 5.82 Å². The second-order valence-electron chi connectivity index (χ2n) is 9.81. The lowest BCUT2D eigenvalue weighted by molar-refractivity contribution is 0.0644. The Morgan fingerprint density at radius 2 is 1.83 bits per heavy atom. The number of rotatable bonds is 4. The Balaban J connectivity index is 1.39. The maximum Gasteiger partial charge on any atom is 0.254 e. The Morgan fingerprint density at radius 3 is 2.58 bits per heavy atom. The van der Waals surface area contributed by atoms with Gasteiger partial charge in [-0.3, -0.25) is 9.36 Å². The quantitative estimate of drug-likeness (QED) is 0.435. The first-order valence-corrected chi connectivity index (χ1v) is 12.4. The van der Waals surface area contributed by atoms with Crippen LogP contribution in [0.3, 0.4) is 0 Å². The number of carbonyl (C=O) groups is 1. The van der Waals surface area contributed by atoms with Crippen molar-refractivity contribution in [2.75, 3.05) is 18.0 Å². The summed E-state index contributed by atoms with van der Waals surface area (Å²) in [4.78, 5) is 31.5. The van der Waals surface area contributed by atoms with Crippen molar-refractivity contribution in [3.63, 3.8) is 0 Å². The van der Waals surface area contributed by atoms with Gasteiger partial charge in [0.15, 0.2) is 5.65 Å². The van der Waals surface area contributed by atoms with Crippen molar-refractivity contribution < 1.29 is 4.79 Å². The highest BCUT2D eigenvalue weighted by molar-refractivity contribution is 5.95. The van der Waals surface area contributed by atoms with Crippen molar-refractivity contribution in [1.29, 1.82) is 5.26 Å². The molecule has 4 aromatic rings. The summed E-state index contributed by atoms with van der Waals surface area (Å²) in [6.07, 6.45) is 7.67. The van der Waals surface area contributed by atoms with Crippen molar-refractivity contribution in [2.24, 2.45) is 0 Å². The van der Waals surface area contributed by atoms with E-state index in [1.54, 1.807) is 24.7 Å². The van der Waals surface area contributed by atoms with E-state index in [9.17, 15) is 10.1 Å². The first kappa shape index (κ1) is 22.2. The number of benzene rings is 1. The fraction of sp³-hybridized carbons (Fsp3) is 0.321. The average molecular weight is 478 g/mol. The summed E-state index contributed by atoms with van der Waals surface area (Å²) in [7, 11) is 0. The molecule has 2 atom stereocenters. The van der Waals surface area contributed by atoms with Crippen molar-refractivity contribution in [3.8, 4) is 11.9 Å². The van der Waals surface area contributed by atoms with Crippen LogP contribution in [0.5, 0.6) is 0 Å². The fourth-order valence-electron chi connectivity index (χ4n) is 5.24. The van der Waals surface area contributed by atoms with Gasteiger partial charge >= 0.3 is 0 Å². The zero-order valence-corrected chi connectivity index (χ0v) is 20.4. The molecule has 4 heterocycles. The van der Waals surface area contributed by atoms with Gasteiger partial charge in [0.1, 0.15) is 18.0 Å². The van der Waals surface area contributed by atoms with Crippen LogP contribution >= 0.6 is 0 Å². The van der Waals surface area contributed by atoms with Gasteiger partial charge in [-0.05, 0) is 62.4 Å². The molecule has 1 aliphatic carbocycles. The number of anilines is 1. The van der Waals surface area contributed by atoms with Crippen LogP contribution in [-0.2, 0) is 0 Å². The highest BCUT2D eigenvalue weighted by atomic mass is 16.2. The first-order valence-electron chi connectivity index (χ1n) is 12.4. The van der Waals surface area contributed by atoms with Crippen LogP contribution < -0.4 is 4.90 Å². The molecule has 0 N–H and O–H groups in total. The molecule has 0 spiro atoms. The molecule has 180 valence electrons. The maximum absolute atomic E-state index is 13.2. The summed E-state index contributed by atoms with van der Waals surface area (Å²) in [5.74, 6) is 2.13. The van der Waals surface area contributed by atoms with Crippen molar-refractivity contribution >= 4 is 22.8 Å². The SMILES string of the molecule is C[C@@H]1CN(c2ncnc3c2c(C2CC2)cn3-c2cc(C#N)ccn2)[C@@H](C)CN1C(=O)c1ccccc1. The third kappa shape index (κ3) is 3.77. The third-order valence-corrected chi connectivity index (χ3v) is 7.27. The number of nitrogens with zero attached hydrogens (tertiary/aromatic N) is 7. The van der Waals surface area contributed by atoms with Crippen LogP contribution in [0.15, 0.2) is 61.2 Å². The second-order valence-corrected chi connectivity index (χ2v) is 9.81. The lowest BCUT2D eigenvalue weighted by Crippen LogP contribution is -2.58. The third-order valence-electron chi connectivity index (χ3n) is 7.27. The summed E-state index contributed by atoms with van der Waals surface area (Å²) >= 11 is 0. The van der Waals surface area contributed by atoms with Crippen molar-refractivity contribution in [1.82, 2.24) is 24.4 Å². The van der Waals surface area contributed by atoms with E-state index >= 15 is 0 Å². The lowest BCUT2D eigenvalue weighted by Gasteiger charge is -2.45. The van der Waals surface area contributed by atoms with E-state index in [1.165, 1.54) is 5.56 Å². The minimum absolute atomic E-state index is 0.0272. The summed E-state index contributed by atoms with van der Waals surface area (Å²) in [6.45, 7) is 5.55. The van der Waals surface area contributed by atoms with Gasteiger partial charge in [0.25, 0.3) is 5.91 Å². The number of amides is 1. The molecule has 6 rings (SSSR count). The van der Waals surface area contributed by atoms with Crippen molar-refractivity contribution in [2.45, 2.75) is 44.7 Å². The second kappa shape index (κ2) is 8.76. The molecule has 1 saturated carbocycles. The highest BCUT2D eigenvalue weighted by Gasteiger charge is 2.36. The van der Waals surface area contributed by atoms with E-state index in [1.807, 2.05) is 39.8 Å². The number of aromatic nitrogens is 4. The minimum Gasteiger partial charge on any atom is -0.349 e. The molecule has 2 aliphatic rings. The number of hydrogen-bond donors (Lipinski definition) is 0.